The average Bonchev–Trinajstić information content (AvgIpc) is 2.66. The van der Waals surface area contributed by atoms with Crippen molar-refractivity contribution >= 4 is 32.8 Å². The zero-order valence-corrected chi connectivity index (χ0v) is 10.9. The van der Waals surface area contributed by atoms with Crippen LogP contribution in [0.1, 0.15) is 5.56 Å². The van der Waals surface area contributed by atoms with Gasteiger partial charge in [0.2, 0.25) is 9.84 Å². The predicted molar refractivity (Wildman–Crippen MR) is 66.0 cm³/mol. The summed E-state index contributed by atoms with van der Waals surface area (Å²) in [6.45, 7) is 1.92. The van der Waals surface area contributed by atoms with Crippen LogP contribution in [0.15, 0.2) is 44.8 Å². The highest BCUT2D eigenvalue weighted by atomic mass is 35.5. The zero-order chi connectivity index (χ0) is 11.8. The van der Waals surface area contributed by atoms with Gasteiger partial charge in [0, 0.05) is 5.38 Å². The molecule has 0 saturated heterocycles. The molecule has 1 heterocycles. The highest BCUT2D eigenvalue weighted by Gasteiger charge is 2.19. The monoisotopic (exact) mass is 272 g/mol. The number of aryl methyl sites for hydroxylation is 1. The van der Waals surface area contributed by atoms with Crippen molar-refractivity contribution in [2.24, 2.45) is 0 Å². The fourth-order valence-corrected chi connectivity index (χ4v) is 4.08. The molecule has 0 N–H and O–H groups in total. The SMILES string of the molecule is Cc1ccc(S(=O)(=O)c2cc(Cl)cs2)cc1. The molecule has 1 aromatic heterocycles. The van der Waals surface area contributed by atoms with Crippen LogP contribution in [0.4, 0.5) is 0 Å². The molecule has 0 spiro atoms. The molecule has 0 aliphatic heterocycles. The van der Waals surface area contributed by atoms with E-state index in [9.17, 15) is 8.42 Å². The zero-order valence-electron chi connectivity index (χ0n) is 8.48. The third-order valence-corrected chi connectivity index (χ3v) is 5.70. The van der Waals surface area contributed by atoms with Crippen LogP contribution in [0.3, 0.4) is 0 Å². The van der Waals surface area contributed by atoms with Crippen LogP contribution in [0.5, 0.6) is 0 Å². The van der Waals surface area contributed by atoms with Gasteiger partial charge in [0.25, 0.3) is 0 Å². The Morgan fingerprint density at radius 2 is 1.81 bits per heavy atom. The van der Waals surface area contributed by atoms with Gasteiger partial charge in [0.15, 0.2) is 0 Å². The third-order valence-electron chi connectivity index (χ3n) is 2.14. The summed E-state index contributed by atoms with van der Waals surface area (Å²) in [6, 6.07) is 8.25. The molecule has 16 heavy (non-hydrogen) atoms. The Hall–Kier alpha value is -0.840. The van der Waals surface area contributed by atoms with Crippen molar-refractivity contribution in [1.29, 1.82) is 0 Å². The topological polar surface area (TPSA) is 34.1 Å². The van der Waals surface area contributed by atoms with Crippen molar-refractivity contribution in [2.45, 2.75) is 16.0 Å². The lowest BCUT2D eigenvalue weighted by molar-refractivity contribution is 0.598. The van der Waals surface area contributed by atoms with Crippen molar-refractivity contribution in [3.05, 3.63) is 46.3 Å². The maximum absolute atomic E-state index is 12.1. The Kier molecular flexibility index (Phi) is 3.06. The first-order chi connectivity index (χ1) is 7.50. The van der Waals surface area contributed by atoms with Gasteiger partial charge < -0.3 is 0 Å². The van der Waals surface area contributed by atoms with Crippen LogP contribution in [0.2, 0.25) is 5.02 Å². The van der Waals surface area contributed by atoms with Crippen molar-refractivity contribution < 1.29 is 8.42 Å². The summed E-state index contributed by atoms with van der Waals surface area (Å²) in [5.41, 5.74) is 1.03. The van der Waals surface area contributed by atoms with Gasteiger partial charge in [-0.3, -0.25) is 0 Å². The van der Waals surface area contributed by atoms with Crippen molar-refractivity contribution in [3.63, 3.8) is 0 Å². The van der Waals surface area contributed by atoms with Gasteiger partial charge >= 0.3 is 0 Å². The first-order valence-electron chi connectivity index (χ1n) is 4.56. The van der Waals surface area contributed by atoms with E-state index in [0.717, 1.165) is 16.9 Å². The first kappa shape index (κ1) is 11.6. The number of benzene rings is 1. The Bertz CT molecular complexity index is 597. The van der Waals surface area contributed by atoms with E-state index in [1.165, 1.54) is 6.07 Å². The number of sulfone groups is 1. The summed E-state index contributed by atoms with van der Waals surface area (Å²) < 4.78 is 24.5. The normalized spacial score (nSPS) is 11.6. The van der Waals surface area contributed by atoms with E-state index in [4.69, 9.17) is 11.6 Å². The van der Waals surface area contributed by atoms with Gasteiger partial charge in [0.05, 0.1) is 9.92 Å². The Balaban J connectivity index is 2.51. The summed E-state index contributed by atoms with van der Waals surface area (Å²) in [7, 11) is -3.40. The summed E-state index contributed by atoms with van der Waals surface area (Å²) >= 11 is 6.86. The number of halogens is 1. The lowest BCUT2D eigenvalue weighted by atomic mass is 10.2. The molecular weight excluding hydrogens is 264 g/mol. The van der Waals surface area contributed by atoms with E-state index >= 15 is 0 Å². The van der Waals surface area contributed by atoms with Crippen LogP contribution in [-0.2, 0) is 9.84 Å². The minimum atomic E-state index is -3.40. The molecular formula is C11H9ClO2S2. The minimum Gasteiger partial charge on any atom is -0.218 e. The lowest BCUT2D eigenvalue weighted by Crippen LogP contribution is -1.99. The predicted octanol–water partition coefficient (Wildman–Crippen LogP) is 3.54. The fraction of sp³-hybridized carbons (Fsp3) is 0.0909. The molecule has 2 aromatic rings. The molecule has 84 valence electrons. The van der Waals surface area contributed by atoms with Gasteiger partial charge in [-0.25, -0.2) is 8.42 Å². The largest absolute Gasteiger partial charge is 0.218 e. The quantitative estimate of drug-likeness (QED) is 0.838. The van der Waals surface area contributed by atoms with E-state index < -0.39 is 9.84 Å². The number of hydrogen-bond donors (Lipinski definition) is 0. The smallest absolute Gasteiger partial charge is 0.216 e. The maximum atomic E-state index is 12.1. The molecule has 0 bridgehead atoms. The van der Waals surface area contributed by atoms with Gasteiger partial charge in [-0.2, -0.15) is 0 Å². The molecule has 2 rings (SSSR count). The van der Waals surface area contributed by atoms with Crippen LogP contribution >= 0.6 is 22.9 Å². The van der Waals surface area contributed by atoms with Crippen LogP contribution in [-0.4, -0.2) is 8.42 Å². The highest BCUT2D eigenvalue weighted by Crippen LogP contribution is 2.29. The maximum Gasteiger partial charge on any atom is 0.216 e. The summed E-state index contributed by atoms with van der Waals surface area (Å²) in [5, 5.41) is 2.07. The fourth-order valence-electron chi connectivity index (χ4n) is 1.27. The summed E-state index contributed by atoms with van der Waals surface area (Å²) in [5.74, 6) is 0. The molecule has 0 fully saturated rings. The first-order valence-corrected chi connectivity index (χ1v) is 7.30. The van der Waals surface area contributed by atoms with Gasteiger partial charge in [-0.1, -0.05) is 29.3 Å². The molecule has 0 unspecified atom stereocenters. The third kappa shape index (κ3) is 2.14. The molecule has 0 radical (unpaired) electrons. The molecule has 0 aliphatic rings. The molecule has 0 atom stereocenters. The van der Waals surface area contributed by atoms with Crippen molar-refractivity contribution in [3.8, 4) is 0 Å². The van der Waals surface area contributed by atoms with Crippen molar-refractivity contribution in [1.82, 2.24) is 0 Å². The second-order valence-corrected chi connectivity index (χ2v) is 6.92. The lowest BCUT2D eigenvalue weighted by Gasteiger charge is -2.01. The van der Waals surface area contributed by atoms with Gasteiger partial charge in [-0.05, 0) is 25.1 Å². The Morgan fingerprint density at radius 3 is 2.31 bits per heavy atom. The molecule has 0 amide bonds. The average molecular weight is 273 g/mol. The molecule has 0 saturated carbocycles. The molecule has 1 aromatic carbocycles. The van der Waals surface area contributed by atoms with Crippen LogP contribution < -0.4 is 0 Å². The van der Waals surface area contributed by atoms with Crippen molar-refractivity contribution in [2.75, 3.05) is 0 Å². The van der Waals surface area contributed by atoms with Crippen LogP contribution in [0.25, 0.3) is 0 Å². The highest BCUT2D eigenvalue weighted by molar-refractivity contribution is 7.93. The van der Waals surface area contributed by atoms with Crippen LogP contribution in [0, 0.1) is 6.92 Å². The van der Waals surface area contributed by atoms with E-state index in [0.29, 0.717) is 9.92 Å². The number of thiophene rings is 1. The summed E-state index contributed by atoms with van der Waals surface area (Å²) in [6.07, 6.45) is 0. The van der Waals surface area contributed by atoms with E-state index in [2.05, 4.69) is 0 Å². The Morgan fingerprint density at radius 1 is 1.19 bits per heavy atom. The molecule has 0 aliphatic carbocycles. The van der Waals surface area contributed by atoms with Gasteiger partial charge in [0.1, 0.15) is 4.21 Å². The second kappa shape index (κ2) is 4.20. The molecule has 2 nitrogen and oxygen atoms in total. The van der Waals surface area contributed by atoms with E-state index in [-0.39, 0.29) is 4.21 Å². The van der Waals surface area contributed by atoms with E-state index in [1.54, 1.807) is 29.6 Å². The molecule has 5 heteroatoms. The van der Waals surface area contributed by atoms with E-state index in [1.807, 2.05) is 6.92 Å². The second-order valence-electron chi connectivity index (χ2n) is 3.40. The number of hydrogen-bond acceptors (Lipinski definition) is 3. The van der Waals surface area contributed by atoms with Gasteiger partial charge in [-0.15, -0.1) is 11.3 Å². The minimum absolute atomic E-state index is 0.279. The Labute approximate surface area is 103 Å². The standard InChI is InChI=1S/C11H9ClO2S2/c1-8-2-4-10(5-3-8)16(13,14)11-6-9(12)7-15-11/h2-7H,1H3. The summed E-state index contributed by atoms with van der Waals surface area (Å²) in [4.78, 5) is 0.302. The number of rotatable bonds is 2.